The minimum atomic E-state index is -3.79. The highest BCUT2D eigenvalue weighted by atomic mass is 32.2. The standard InChI is InChI=1S/C20H22FN3O3S/c21-17-6-8-19(9-7-17)28(26,27)24-12-16-11-23(10-15-4-2-1-3-5-15)13-18(14-24)22-20(16)25/h1-9,16,18H,10-14H2,(H,22,25)/t16-,18+/m1/s1. The van der Waals surface area contributed by atoms with Crippen LogP contribution < -0.4 is 5.32 Å². The number of sulfonamides is 1. The predicted molar refractivity (Wildman–Crippen MR) is 102 cm³/mol. The van der Waals surface area contributed by atoms with Crippen LogP contribution in [-0.4, -0.2) is 55.8 Å². The quantitative estimate of drug-likeness (QED) is 0.839. The van der Waals surface area contributed by atoms with Gasteiger partial charge in [-0.2, -0.15) is 4.31 Å². The van der Waals surface area contributed by atoms with Crippen molar-refractivity contribution >= 4 is 15.9 Å². The molecule has 2 saturated heterocycles. The van der Waals surface area contributed by atoms with Gasteiger partial charge in [-0.05, 0) is 29.8 Å². The van der Waals surface area contributed by atoms with E-state index in [0.29, 0.717) is 19.6 Å². The van der Waals surface area contributed by atoms with E-state index in [1.54, 1.807) is 0 Å². The van der Waals surface area contributed by atoms with Gasteiger partial charge in [0.25, 0.3) is 0 Å². The fourth-order valence-electron chi connectivity index (χ4n) is 3.88. The third-order valence-corrected chi connectivity index (χ3v) is 7.07. The van der Waals surface area contributed by atoms with Crippen LogP contribution in [0.1, 0.15) is 5.56 Å². The molecule has 2 aliphatic heterocycles. The van der Waals surface area contributed by atoms with Crippen LogP contribution >= 0.6 is 0 Å². The number of benzene rings is 2. The van der Waals surface area contributed by atoms with Gasteiger partial charge >= 0.3 is 0 Å². The molecule has 0 saturated carbocycles. The Bertz CT molecular complexity index is 950. The molecule has 28 heavy (non-hydrogen) atoms. The van der Waals surface area contributed by atoms with E-state index in [1.165, 1.54) is 16.4 Å². The zero-order valence-electron chi connectivity index (χ0n) is 15.3. The smallest absolute Gasteiger partial charge is 0.243 e. The van der Waals surface area contributed by atoms with Crippen LogP contribution in [0.3, 0.4) is 0 Å². The van der Waals surface area contributed by atoms with Gasteiger partial charge in [-0.1, -0.05) is 30.3 Å². The van der Waals surface area contributed by atoms with Gasteiger partial charge in [0.1, 0.15) is 5.82 Å². The van der Waals surface area contributed by atoms with Crippen molar-refractivity contribution in [2.75, 3.05) is 26.2 Å². The van der Waals surface area contributed by atoms with E-state index in [-0.39, 0.29) is 29.9 Å². The molecule has 148 valence electrons. The van der Waals surface area contributed by atoms with Gasteiger partial charge < -0.3 is 5.32 Å². The Kier molecular flexibility index (Phi) is 5.18. The van der Waals surface area contributed by atoms with Crippen molar-refractivity contribution in [3.8, 4) is 0 Å². The third kappa shape index (κ3) is 3.94. The zero-order chi connectivity index (χ0) is 19.7. The summed E-state index contributed by atoms with van der Waals surface area (Å²) < 4.78 is 40.6. The lowest BCUT2D eigenvalue weighted by Crippen LogP contribution is -2.48. The van der Waals surface area contributed by atoms with Crippen molar-refractivity contribution in [3.63, 3.8) is 0 Å². The lowest BCUT2D eigenvalue weighted by Gasteiger charge is -2.32. The molecule has 4 rings (SSSR count). The number of halogens is 1. The second-order valence-corrected chi connectivity index (χ2v) is 9.30. The van der Waals surface area contributed by atoms with E-state index in [4.69, 9.17) is 0 Å². The summed E-state index contributed by atoms with van der Waals surface area (Å²) in [7, 11) is -3.79. The van der Waals surface area contributed by atoms with Crippen LogP contribution in [0.15, 0.2) is 59.5 Å². The summed E-state index contributed by atoms with van der Waals surface area (Å²) in [6.45, 7) is 2.10. The number of fused-ring (bicyclic) bond motifs is 3. The Morgan fingerprint density at radius 3 is 2.39 bits per heavy atom. The number of nitrogens with one attached hydrogen (secondary N) is 1. The average molecular weight is 403 g/mol. The summed E-state index contributed by atoms with van der Waals surface area (Å²) in [5.41, 5.74) is 1.16. The van der Waals surface area contributed by atoms with E-state index in [1.807, 2.05) is 30.3 Å². The number of carbonyl (C=O) groups is 1. The van der Waals surface area contributed by atoms with E-state index in [2.05, 4.69) is 10.2 Å². The van der Waals surface area contributed by atoms with Crippen LogP contribution in [0.25, 0.3) is 0 Å². The van der Waals surface area contributed by atoms with Crippen LogP contribution in [-0.2, 0) is 21.4 Å². The maximum Gasteiger partial charge on any atom is 0.243 e. The minimum absolute atomic E-state index is 0.0439. The molecule has 2 fully saturated rings. The first-order chi connectivity index (χ1) is 13.4. The molecule has 8 heteroatoms. The zero-order valence-corrected chi connectivity index (χ0v) is 16.1. The summed E-state index contributed by atoms with van der Waals surface area (Å²) in [4.78, 5) is 14.8. The summed E-state index contributed by atoms with van der Waals surface area (Å²) in [6.07, 6.45) is 0. The molecule has 6 nitrogen and oxygen atoms in total. The van der Waals surface area contributed by atoms with Gasteiger partial charge in [-0.15, -0.1) is 0 Å². The molecule has 0 aromatic heterocycles. The highest BCUT2D eigenvalue weighted by Gasteiger charge is 2.40. The van der Waals surface area contributed by atoms with E-state index in [9.17, 15) is 17.6 Å². The second kappa shape index (κ2) is 7.62. The highest BCUT2D eigenvalue weighted by Crippen LogP contribution is 2.24. The Balaban J connectivity index is 1.55. The van der Waals surface area contributed by atoms with Gasteiger partial charge in [0, 0.05) is 32.7 Å². The number of carbonyl (C=O) groups excluding carboxylic acids is 1. The highest BCUT2D eigenvalue weighted by molar-refractivity contribution is 7.89. The van der Waals surface area contributed by atoms with Crippen molar-refractivity contribution in [1.82, 2.24) is 14.5 Å². The molecule has 2 aliphatic rings. The van der Waals surface area contributed by atoms with Crippen molar-refractivity contribution in [1.29, 1.82) is 0 Å². The first kappa shape index (κ1) is 19.0. The molecule has 2 aromatic rings. The Morgan fingerprint density at radius 2 is 1.68 bits per heavy atom. The van der Waals surface area contributed by atoms with Crippen LogP contribution in [0.2, 0.25) is 0 Å². The predicted octanol–water partition coefficient (Wildman–Crippen LogP) is 1.45. The molecule has 0 unspecified atom stereocenters. The van der Waals surface area contributed by atoms with Crippen molar-refractivity contribution in [2.45, 2.75) is 17.5 Å². The maximum atomic E-state index is 13.2. The lowest BCUT2D eigenvalue weighted by molar-refractivity contribution is -0.124. The van der Waals surface area contributed by atoms with Crippen LogP contribution in [0.4, 0.5) is 4.39 Å². The number of hydrogen-bond acceptors (Lipinski definition) is 4. The monoisotopic (exact) mass is 403 g/mol. The number of hydrogen-bond donors (Lipinski definition) is 1. The molecular formula is C20H22FN3O3S. The molecule has 2 heterocycles. The normalized spacial score (nSPS) is 23.8. The largest absolute Gasteiger partial charge is 0.350 e. The Morgan fingerprint density at radius 1 is 0.964 bits per heavy atom. The molecule has 2 aromatic carbocycles. The SMILES string of the molecule is O=C1N[C@H]2CN(Cc3ccccc3)C[C@@H]1CN(S(=O)(=O)c1ccc(F)cc1)C2. The van der Waals surface area contributed by atoms with Crippen molar-refractivity contribution in [3.05, 3.63) is 66.0 Å². The van der Waals surface area contributed by atoms with Gasteiger partial charge in [-0.3, -0.25) is 9.69 Å². The maximum absolute atomic E-state index is 13.2. The first-order valence-electron chi connectivity index (χ1n) is 9.24. The molecular weight excluding hydrogens is 381 g/mol. The lowest BCUT2D eigenvalue weighted by atomic mass is 10.1. The number of amides is 1. The molecule has 0 aliphatic carbocycles. The topological polar surface area (TPSA) is 69.7 Å². The Labute approximate surface area is 164 Å². The van der Waals surface area contributed by atoms with Crippen LogP contribution in [0.5, 0.6) is 0 Å². The fraction of sp³-hybridized carbons (Fsp3) is 0.350. The molecule has 2 atom stereocenters. The van der Waals surface area contributed by atoms with Gasteiger partial charge in [0.15, 0.2) is 0 Å². The molecule has 0 spiro atoms. The van der Waals surface area contributed by atoms with Gasteiger partial charge in [0.2, 0.25) is 15.9 Å². The third-order valence-electron chi connectivity index (χ3n) is 5.22. The van der Waals surface area contributed by atoms with E-state index >= 15 is 0 Å². The van der Waals surface area contributed by atoms with Gasteiger partial charge in [0.05, 0.1) is 16.9 Å². The van der Waals surface area contributed by atoms with Crippen molar-refractivity contribution in [2.24, 2.45) is 5.92 Å². The summed E-state index contributed by atoms with van der Waals surface area (Å²) in [6, 6.07) is 14.5. The Hall–Kier alpha value is -2.29. The molecule has 1 amide bonds. The average Bonchev–Trinajstić information content (AvgIpc) is 2.90. The first-order valence-corrected chi connectivity index (χ1v) is 10.7. The van der Waals surface area contributed by atoms with Crippen molar-refractivity contribution < 1.29 is 17.6 Å². The van der Waals surface area contributed by atoms with Crippen LogP contribution in [0, 0.1) is 11.7 Å². The van der Waals surface area contributed by atoms with E-state index < -0.39 is 21.8 Å². The minimum Gasteiger partial charge on any atom is -0.350 e. The summed E-state index contributed by atoms with van der Waals surface area (Å²) >= 11 is 0. The number of nitrogens with zero attached hydrogens (tertiary/aromatic N) is 2. The molecule has 1 N–H and O–H groups in total. The van der Waals surface area contributed by atoms with E-state index in [0.717, 1.165) is 17.7 Å². The second-order valence-electron chi connectivity index (χ2n) is 7.36. The number of rotatable bonds is 4. The summed E-state index contributed by atoms with van der Waals surface area (Å²) in [5.74, 6) is -1.05. The fourth-order valence-corrected chi connectivity index (χ4v) is 5.41. The molecule has 0 radical (unpaired) electrons. The molecule has 2 bridgehead atoms. The van der Waals surface area contributed by atoms with Gasteiger partial charge in [-0.25, -0.2) is 12.8 Å². The summed E-state index contributed by atoms with van der Waals surface area (Å²) in [5, 5.41) is 2.97.